The Bertz CT molecular complexity index is 1210. The highest BCUT2D eigenvalue weighted by Gasteiger charge is 2.40. The van der Waals surface area contributed by atoms with Crippen molar-refractivity contribution in [2.45, 2.75) is 147 Å². The monoisotopic (exact) mass is 607 g/mol. The SMILES string of the molecule is C1=CC(C2C=CC(C3CC(C4=CCC(C5CCCCC5)CC4)CC(C4CC=C(C5NC6CCC=CC6O5)CC4)C3)=CC2)CCC1. The van der Waals surface area contributed by atoms with E-state index in [1.807, 2.05) is 5.57 Å². The van der Waals surface area contributed by atoms with Crippen LogP contribution >= 0.6 is 0 Å². The highest BCUT2D eigenvalue weighted by molar-refractivity contribution is 5.29. The second kappa shape index (κ2) is 14.2. The van der Waals surface area contributed by atoms with Crippen LogP contribution in [0.15, 0.2) is 71.4 Å². The first-order valence-electron chi connectivity index (χ1n) is 19.8. The smallest absolute Gasteiger partial charge is 0.131 e. The number of nitrogens with one attached hydrogen (secondary N) is 1. The molecule has 10 atom stereocenters. The molecule has 1 heterocycles. The number of allylic oxidation sites excluding steroid dienone is 10. The van der Waals surface area contributed by atoms with Gasteiger partial charge in [0.05, 0.1) is 6.10 Å². The molecule has 0 bridgehead atoms. The second-order valence-corrected chi connectivity index (χ2v) is 16.6. The molecule has 8 rings (SSSR count). The molecule has 0 aromatic carbocycles. The van der Waals surface area contributed by atoms with Gasteiger partial charge in [-0.05, 0) is 155 Å². The molecule has 7 aliphatic carbocycles. The summed E-state index contributed by atoms with van der Waals surface area (Å²) in [4.78, 5) is 0. The molecular weight excluding hydrogens is 546 g/mol. The summed E-state index contributed by atoms with van der Waals surface area (Å²) in [5, 5.41) is 3.84. The Hall–Kier alpha value is -1.64. The maximum Gasteiger partial charge on any atom is 0.131 e. The van der Waals surface area contributed by atoms with Crippen LogP contribution in [0.4, 0.5) is 0 Å². The van der Waals surface area contributed by atoms with Crippen LogP contribution in [0.1, 0.15) is 128 Å². The minimum Gasteiger partial charge on any atom is -0.350 e. The predicted octanol–water partition coefficient (Wildman–Crippen LogP) is 10.9. The van der Waals surface area contributed by atoms with Crippen molar-refractivity contribution in [2.75, 3.05) is 0 Å². The van der Waals surface area contributed by atoms with Crippen LogP contribution in [0, 0.1) is 47.3 Å². The second-order valence-electron chi connectivity index (χ2n) is 16.6. The van der Waals surface area contributed by atoms with Crippen LogP contribution in [0.25, 0.3) is 0 Å². The average molecular weight is 608 g/mol. The van der Waals surface area contributed by atoms with E-state index in [-0.39, 0.29) is 12.3 Å². The Labute approximate surface area is 275 Å². The molecule has 2 nitrogen and oxygen atoms in total. The molecule has 1 N–H and O–H groups in total. The van der Waals surface area contributed by atoms with E-state index in [1.54, 1.807) is 11.1 Å². The lowest BCUT2D eigenvalue weighted by molar-refractivity contribution is 0.0768. The van der Waals surface area contributed by atoms with Gasteiger partial charge in [-0.1, -0.05) is 92.4 Å². The lowest BCUT2D eigenvalue weighted by atomic mass is 9.62. The van der Waals surface area contributed by atoms with Gasteiger partial charge in [0, 0.05) is 6.04 Å². The predicted molar refractivity (Wildman–Crippen MR) is 188 cm³/mol. The van der Waals surface area contributed by atoms with Gasteiger partial charge in [-0.25, -0.2) is 0 Å². The molecule has 0 aromatic rings. The number of hydrogen-bond acceptors (Lipinski definition) is 2. The summed E-state index contributed by atoms with van der Waals surface area (Å²) in [6, 6.07) is 0.519. The summed E-state index contributed by atoms with van der Waals surface area (Å²) in [5.74, 6) is 6.77. The first-order valence-corrected chi connectivity index (χ1v) is 19.8. The van der Waals surface area contributed by atoms with Crippen molar-refractivity contribution >= 4 is 0 Å². The Kier molecular flexibility index (Phi) is 9.70. The van der Waals surface area contributed by atoms with Gasteiger partial charge in [0.1, 0.15) is 6.23 Å². The summed E-state index contributed by atoms with van der Waals surface area (Å²) in [6.45, 7) is 0. The molecule has 8 aliphatic rings. The van der Waals surface area contributed by atoms with Crippen molar-refractivity contribution in [3.8, 4) is 0 Å². The fourth-order valence-electron chi connectivity index (χ4n) is 11.3. The first-order chi connectivity index (χ1) is 22.3. The minimum atomic E-state index is 0.157. The molecule has 2 heteroatoms. The standard InChI is InChI=1S/C43H61NO/c1-3-9-30(10-4-1)32-15-19-34(20-16-32)38-27-39(35-21-17-33(18-22-35)31-11-5-2-6-12-31)29-40(28-38)36-23-25-37(26-24-36)43-44-41-13-7-8-14-42(41)45-43/h3,8-9,14-15,19-21,25,30-33,36,38-44H,1-2,4-7,10-13,16-18,22-24,26-29H2. The Morgan fingerprint density at radius 2 is 1.38 bits per heavy atom. The number of rotatable bonds is 6. The van der Waals surface area contributed by atoms with E-state index < -0.39 is 0 Å². The van der Waals surface area contributed by atoms with E-state index in [1.165, 1.54) is 128 Å². The van der Waals surface area contributed by atoms with Crippen molar-refractivity contribution in [2.24, 2.45) is 47.3 Å². The summed E-state index contributed by atoms with van der Waals surface area (Å²) >= 11 is 0. The Balaban J connectivity index is 0.953. The third-order valence-electron chi connectivity index (χ3n) is 14.1. The lowest BCUT2D eigenvalue weighted by Crippen LogP contribution is -2.35. The van der Waals surface area contributed by atoms with Crippen molar-refractivity contribution in [1.82, 2.24) is 5.32 Å². The van der Waals surface area contributed by atoms with Crippen molar-refractivity contribution in [3.63, 3.8) is 0 Å². The van der Waals surface area contributed by atoms with Crippen LogP contribution in [0.5, 0.6) is 0 Å². The van der Waals surface area contributed by atoms with Crippen molar-refractivity contribution in [1.29, 1.82) is 0 Å². The molecule has 0 spiro atoms. The largest absolute Gasteiger partial charge is 0.350 e. The van der Waals surface area contributed by atoms with Gasteiger partial charge in [0.15, 0.2) is 0 Å². The lowest BCUT2D eigenvalue weighted by Gasteiger charge is -2.43. The maximum absolute atomic E-state index is 6.49. The molecule has 244 valence electrons. The van der Waals surface area contributed by atoms with Gasteiger partial charge < -0.3 is 4.74 Å². The molecule has 45 heavy (non-hydrogen) atoms. The maximum atomic E-state index is 6.49. The fourth-order valence-corrected chi connectivity index (χ4v) is 11.3. The van der Waals surface area contributed by atoms with Gasteiger partial charge in [0.25, 0.3) is 0 Å². The number of hydrogen-bond donors (Lipinski definition) is 1. The van der Waals surface area contributed by atoms with E-state index in [9.17, 15) is 0 Å². The summed E-state index contributed by atoms with van der Waals surface area (Å²) in [5.41, 5.74) is 5.11. The highest BCUT2D eigenvalue weighted by atomic mass is 16.5. The zero-order valence-electron chi connectivity index (χ0n) is 28.1. The molecule has 1 aliphatic heterocycles. The quantitative estimate of drug-likeness (QED) is 0.303. The van der Waals surface area contributed by atoms with E-state index in [0.717, 1.165) is 47.3 Å². The molecule has 0 radical (unpaired) electrons. The zero-order valence-corrected chi connectivity index (χ0v) is 28.1. The zero-order chi connectivity index (χ0) is 30.0. The summed E-state index contributed by atoms with van der Waals surface area (Å²) in [7, 11) is 0. The average Bonchev–Trinajstić information content (AvgIpc) is 3.57. The van der Waals surface area contributed by atoms with Crippen LogP contribution < -0.4 is 5.32 Å². The first kappa shape index (κ1) is 30.7. The van der Waals surface area contributed by atoms with Gasteiger partial charge in [-0.3, -0.25) is 5.32 Å². The summed E-state index contributed by atoms with van der Waals surface area (Å²) in [6.07, 6.45) is 50.9. The van der Waals surface area contributed by atoms with Crippen LogP contribution in [-0.4, -0.2) is 18.4 Å². The van der Waals surface area contributed by atoms with Crippen LogP contribution in [-0.2, 0) is 4.74 Å². The Morgan fingerprint density at radius 3 is 2.11 bits per heavy atom. The van der Waals surface area contributed by atoms with Gasteiger partial charge in [0.2, 0.25) is 0 Å². The molecule has 0 aromatic heterocycles. The van der Waals surface area contributed by atoms with Gasteiger partial charge in [-0.15, -0.1) is 0 Å². The molecule has 0 amide bonds. The van der Waals surface area contributed by atoms with Gasteiger partial charge >= 0.3 is 0 Å². The Morgan fingerprint density at radius 1 is 0.578 bits per heavy atom. The topological polar surface area (TPSA) is 21.3 Å². The van der Waals surface area contributed by atoms with E-state index >= 15 is 0 Å². The van der Waals surface area contributed by atoms with Crippen LogP contribution in [0.3, 0.4) is 0 Å². The number of ether oxygens (including phenoxy) is 1. The third kappa shape index (κ3) is 6.99. The van der Waals surface area contributed by atoms with E-state index in [4.69, 9.17) is 4.74 Å². The van der Waals surface area contributed by atoms with E-state index in [0.29, 0.717) is 6.04 Å². The fraction of sp³-hybridized carbons (Fsp3) is 0.721. The molecule has 1 saturated heterocycles. The number of fused-ring (bicyclic) bond motifs is 1. The molecular formula is C43H61NO. The normalized spacial score (nSPS) is 42.5. The molecule has 10 unspecified atom stereocenters. The minimum absolute atomic E-state index is 0.157. The van der Waals surface area contributed by atoms with Gasteiger partial charge in [-0.2, -0.15) is 0 Å². The molecule has 3 fully saturated rings. The molecule has 2 saturated carbocycles. The third-order valence-corrected chi connectivity index (χ3v) is 14.1. The van der Waals surface area contributed by atoms with Crippen LogP contribution in [0.2, 0.25) is 0 Å². The van der Waals surface area contributed by atoms with E-state index in [2.05, 4.69) is 60.0 Å². The van der Waals surface area contributed by atoms with Crippen molar-refractivity contribution in [3.05, 3.63) is 71.4 Å². The summed E-state index contributed by atoms with van der Waals surface area (Å²) < 4.78 is 6.49. The van der Waals surface area contributed by atoms with Crippen molar-refractivity contribution < 1.29 is 4.74 Å². The highest BCUT2D eigenvalue weighted by Crippen LogP contribution is 2.50.